The van der Waals surface area contributed by atoms with Gasteiger partial charge in [0.15, 0.2) is 5.75 Å². The minimum atomic E-state index is -4.52. The number of benzene rings is 3. The van der Waals surface area contributed by atoms with Crippen molar-refractivity contribution in [1.82, 2.24) is 4.57 Å². The van der Waals surface area contributed by atoms with E-state index < -0.39 is 15.0 Å². The Labute approximate surface area is 201 Å². The third kappa shape index (κ3) is 3.87. The zero-order valence-electron chi connectivity index (χ0n) is 19.1. The molecule has 4 aromatic rings. The van der Waals surface area contributed by atoms with E-state index in [1.165, 1.54) is 19.1 Å². The summed E-state index contributed by atoms with van der Waals surface area (Å²) in [6.07, 6.45) is 1.56. The first kappa shape index (κ1) is 22.8. The summed E-state index contributed by atoms with van der Waals surface area (Å²) in [5.74, 6) is -0.0646. The summed E-state index contributed by atoms with van der Waals surface area (Å²) in [4.78, 5) is 24.0. The van der Waals surface area contributed by atoms with E-state index in [4.69, 9.17) is 4.18 Å². The maximum absolute atomic E-state index is 13.7. The van der Waals surface area contributed by atoms with Gasteiger partial charge in [0.2, 0.25) is 0 Å². The lowest BCUT2D eigenvalue weighted by molar-refractivity contribution is -0.385. The van der Waals surface area contributed by atoms with Gasteiger partial charge in [0.25, 0.3) is 11.2 Å². The Morgan fingerprint density at radius 1 is 1.03 bits per heavy atom. The molecule has 9 heteroatoms. The normalized spacial score (nSPS) is 13.1. The number of non-ortho nitro benzene ring substituents is 1. The molecule has 1 aromatic heterocycles. The van der Waals surface area contributed by atoms with Crippen LogP contribution in [0.15, 0.2) is 70.4 Å². The van der Waals surface area contributed by atoms with Crippen LogP contribution >= 0.6 is 0 Å². The first-order valence-corrected chi connectivity index (χ1v) is 12.5. The molecule has 0 unspecified atom stereocenters. The van der Waals surface area contributed by atoms with E-state index in [1.807, 2.05) is 19.1 Å². The van der Waals surface area contributed by atoms with Crippen LogP contribution in [0.4, 0.5) is 5.69 Å². The summed E-state index contributed by atoms with van der Waals surface area (Å²) in [7, 11) is -4.52. The number of nitro benzene ring substituents is 1. The van der Waals surface area contributed by atoms with Crippen molar-refractivity contribution in [3.05, 3.63) is 97.8 Å². The second-order valence-corrected chi connectivity index (χ2v) is 10.2. The number of nitro groups is 1. The van der Waals surface area contributed by atoms with Gasteiger partial charge < -0.3 is 8.75 Å². The van der Waals surface area contributed by atoms with Gasteiger partial charge in [-0.3, -0.25) is 14.9 Å². The Morgan fingerprint density at radius 3 is 2.49 bits per heavy atom. The van der Waals surface area contributed by atoms with Crippen LogP contribution in [0.3, 0.4) is 0 Å². The summed E-state index contributed by atoms with van der Waals surface area (Å²) in [5.41, 5.74) is 2.79. The molecule has 1 aliphatic rings. The highest BCUT2D eigenvalue weighted by atomic mass is 32.2. The van der Waals surface area contributed by atoms with Gasteiger partial charge in [-0.25, -0.2) is 0 Å². The van der Waals surface area contributed by atoms with E-state index in [1.54, 1.807) is 34.9 Å². The molecule has 0 spiro atoms. The third-order valence-electron chi connectivity index (χ3n) is 6.27. The summed E-state index contributed by atoms with van der Waals surface area (Å²) < 4.78 is 34.5. The van der Waals surface area contributed by atoms with Crippen LogP contribution in [0.5, 0.6) is 5.75 Å². The van der Waals surface area contributed by atoms with Gasteiger partial charge in [-0.1, -0.05) is 42.5 Å². The molecule has 0 N–H and O–H groups in total. The van der Waals surface area contributed by atoms with Crippen molar-refractivity contribution in [3.63, 3.8) is 0 Å². The molecule has 178 valence electrons. The van der Waals surface area contributed by atoms with Crippen LogP contribution in [0.25, 0.3) is 22.0 Å². The van der Waals surface area contributed by atoms with Gasteiger partial charge in [-0.05, 0) is 55.0 Å². The molecule has 0 amide bonds. The van der Waals surface area contributed by atoms with Gasteiger partial charge in [0.1, 0.15) is 4.90 Å². The van der Waals surface area contributed by atoms with Crippen LogP contribution in [0, 0.1) is 24.0 Å². The number of hydrogen-bond acceptors (Lipinski definition) is 6. The Kier molecular flexibility index (Phi) is 5.44. The van der Waals surface area contributed by atoms with Gasteiger partial charge in [-0.15, -0.1) is 0 Å². The van der Waals surface area contributed by atoms with Gasteiger partial charge in [-0.2, -0.15) is 8.42 Å². The van der Waals surface area contributed by atoms with E-state index >= 15 is 0 Å². The lowest BCUT2D eigenvalue weighted by Gasteiger charge is -2.24. The second-order valence-electron chi connectivity index (χ2n) is 8.70. The predicted molar refractivity (Wildman–Crippen MR) is 132 cm³/mol. The van der Waals surface area contributed by atoms with E-state index in [0.717, 1.165) is 30.0 Å². The quantitative estimate of drug-likeness (QED) is 0.223. The molecule has 3 aromatic carbocycles. The van der Waals surface area contributed by atoms with E-state index in [9.17, 15) is 23.3 Å². The molecule has 2 heterocycles. The summed E-state index contributed by atoms with van der Waals surface area (Å²) in [6.45, 7) is 3.96. The van der Waals surface area contributed by atoms with Crippen molar-refractivity contribution in [2.75, 3.05) is 0 Å². The molecule has 0 saturated heterocycles. The molecule has 8 nitrogen and oxygen atoms in total. The smallest absolute Gasteiger partial charge is 0.339 e. The molecule has 0 atom stereocenters. The SMILES string of the molecule is Cc1cc2c3c(c1)c(OS(=O)(=O)c1cc([N+](=O)[O-])ccc1C)c(-c1ccccc1)c(=O)n3CCC2. The summed E-state index contributed by atoms with van der Waals surface area (Å²) in [6, 6.07) is 16.2. The summed E-state index contributed by atoms with van der Waals surface area (Å²) >= 11 is 0. The maximum atomic E-state index is 13.7. The molecule has 5 rings (SSSR count). The average molecular weight is 491 g/mol. The van der Waals surface area contributed by atoms with Crippen molar-refractivity contribution in [2.45, 2.75) is 38.1 Å². The topological polar surface area (TPSA) is 109 Å². The number of rotatable bonds is 5. The highest BCUT2D eigenvalue weighted by molar-refractivity contribution is 7.87. The standard InChI is InChI=1S/C26H22N2O6S/c1-16-13-19-9-6-12-27-24(19)21(14-16)25(23(26(27)29)18-7-4-3-5-8-18)34-35(32,33)22-15-20(28(30)31)11-10-17(22)2/h3-5,7-8,10-11,13-15H,6,9,12H2,1-2H3. The lowest BCUT2D eigenvalue weighted by atomic mass is 9.95. The highest BCUT2D eigenvalue weighted by Crippen LogP contribution is 2.39. The van der Waals surface area contributed by atoms with Crippen molar-refractivity contribution >= 4 is 26.7 Å². The minimum absolute atomic E-state index is 0.0646. The van der Waals surface area contributed by atoms with Crippen LogP contribution in [0.1, 0.15) is 23.1 Å². The van der Waals surface area contributed by atoms with Crippen molar-refractivity contribution in [2.24, 2.45) is 0 Å². The second kappa shape index (κ2) is 8.35. The van der Waals surface area contributed by atoms with Gasteiger partial charge in [0.05, 0.1) is 16.0 Å². The zero-order chi connectivity index (χ0) is 24.9. The summed E-state index contributed by atoms with van der Waals surface area (Å²) in [5, 5.41) is 11.8. The Bertz CT molecular complexity index is 1670. The first-order chi connectivity index (χ1) is 16.7. The minimum Gasteiger partial charge on any atom is -0.377 e. The van der Waals surface area contributed by atoms with Gasteiger partial charge >= 0.3 is 10.1 Å². The number of aromatic nitrogens is 1. The molecule has 1 aliphatic heterocycles. The highest BCUT2D eigenvalue weighted by Gasteiger charge is 2.29. The number of aryl methyl sites for hydroxylation is 4. The van der Waals surface area contributed by atoms with Crippen molar-refractivity contribution < 1.29 is 17.5 Å². The Hall–Kier alpha value is -3.98. The number of hydrogen-bond donors (Lipinski definition) is 0. The monoisotopic (exact) mass is 490 g/mol. The van der Waals surface area contributed by atoms with E-state index in [0.29, 0.717) is 28.6 Å². The Morgan fingerprint density at radius 2 is 1.77 bits per heavy atom. The fourth-order valence-electron chi connectivity index (χ4n) is 4.72. The molecular formula is C26H22N2O6S. The number of nitrogens with zero attached hydrogens (tertiary/aromatic N) is 2. The molecule has 0 radical (unpaired) electrons. The Balaban J connectivity index is 1.84. The van der Waals surface area contributed by atoms with Crippen molar-refractivity contribution in [3.8, 4) is 16.9 Å². The lowest BCUT2D eigenvalue weighted by Crippen LogP contribution is -2.27. The average Bonchev–Trinajstić information content (AvgIpc) is 2.82. The van der Waals surface area contributed by atoms with E-state index in [-0.39, 0.29) is 27.5 Å². The molecule has 0 saturated carbocycles. The fourth-order valence-corrected chi connectivity index (χ4v) is 5.93. The largest absolute Gasteiger partial charge is 0.377 e. The maximum Gasteiger partial charge on any atom is 0.339 e. The predicted octanol–water partition coefficient (Wildman–Crippen LogP) is 4.91. The van der Waals surface area contributed by atoms with Crippen LogP contribution < -0.4 is 9.74 Å². The molecule has 0 bridgehead atoms. The van der Waals surface area contributed by atoms with Crippen LogP contribution in [0.2, 0.25) is 0 Å². The molecule has 0 fully saturated rings. The van der Waals surface area contributed by atoms with E-state index in [2.05, 4.69) is 0 Å². The van der Waals surface area contributed by atoms with Crippen LogP contribution in [-0.4, -0.2) is 17.9 Å². The van der Waals surface area contributed by atoms with Crippen LogP contribution in [-0.2, 0) is 23.1 Å². The first-order valence-electron chi connectivity index (χ1n) is 11.1. The zero-order valence-corrected chi connectivity index (χ0v) is 20.0. The number of pyridine rings is 1. The molecule has 0 aliphatic carbocycles. The van der Waals surface area contributed by atoms with Crippen molar-refractivity contribution in [1.29, 1.82) is 0 Å². The molecular weight excluding hydrogens is 468 g/mol. The third-order valence-corrected chi connectivity index (χ3v) is 7.63. The molecule has 35 heavy (non-hydrogen) atoms. The fraction of sp³-hybridized carbons (Fsp3) is 0.192. The van der Waals surface area contributed by atoms with Gasteiger partial charge in [0, 0.05) is 24.1 Å².